The van der Waals surface area contributed by atoms with Gasteiger partial charge in [0.15, 0.2) is 0 Å². The van der Waals surface area contributed by atoms with E-state index >= 15 is 0 Å². The minimum atomic E-state index is 0.160. The van der Waals surface area contributed by atoms with E-state index in [-0.39, 0.29) is 6.10 Å². The summed E-state index contributed by atoms with van der Waals surface area (Å²) in [6.07, 6.45) is 1.96. The van der Waals surface area contributed by atoms with Crippen LogP contribution in [0.25, 0.3) is 6.08 Å². The van der Waals surface area contributed by atoms with Crippen LogP contribution in [0.15, 0.2) is 24.8 Å². The maximum absolute atomic E-state index is 5.70. The van der Waals surface area contributed by atoms with Crippen molar-refractivity contribution < 1.29 is 9.47 Å². The van der Waals surface area contributed by atoms with Crippen LogP contribution in [0.4, 0.5) is 0 Å². The van der Waals surface area contributed by atoms with Crippen molar-refractivity contribution in [3.8, 4) is 11.5 Å². The van der Waals surface area contributed by atoms with Gasteiger partial charge in [-0.3, -0.25) is 0 Å². The van der Waals surface area contributed by atoms with Gasteiger partial charge in [-0.05, 0) is 37.5 Å². The third kappa shape index (κ3) is 4.94. The predicted octanol–water partition coefficient (Wildman–Crippen LogP) is 4.15. The van der Waals surface area contributed by atoms with Gasteiger partial charge >= 0.3 is 0 Å². The standard InChI is InChI=1S/C15H22O2/c1-6-13-7-14(16-10-11(2)3)9-15(8-13)17-12(4)5/h6-9,11-12H,1,10H2,2-5H3. The molecule has 1 rings (SSSR count). The highest BCUT2D eigenvalue weighted by Gasteiger charge is 2.04. The molecule has 0 radical (unpaired) electrons. The van der Waals surface area contributed by atoms with Gasteiger partial charge in [-0.1, -0.05) is 26.5 Å². The minimum absolute atomic E-state index is 0.160. The van der Waals surface area contributed by atoms with Crippen LogP contribution in [0.5, 0.6) is 11.5 Å². The Morgan fingerprint density at radius 3 is 2.29 bits per heavy atom. The van der Waals surface area contributed by atoms with Crippen molar-refractivity contribution in [1.29, 1.82) is 0 Å². The van der Waals surface area contributed by atoms with Gasteiger partial charge in [-0.15, -0.1) is 0 Å². The van der Waals surface area contributed by atoms with Crippen LogP contribution >= 0.6 is 0 Å². The zero-order valence-electron chi connectivity index (χ0n) is 11.2. The average molecular weight is 234 g/mol. The van der Waals surface area contributed by atoms with Crippen LogP contribution in [-0.2, 0) is 0 Å². The molecule has 0 unspecified atom stereocenters. The first kappa shape index (κ1) is 13.6. The van der Waals surface area contributed by atoms with Crippen molar-refractivity contribution in [3.63, 3.8) is 0 Å². The van der Waals surface area contributed by atoms with E-state index in [1.165, 1.54) is 0 Å². The number of benzene rings is 1. The van der Waals surface area contributed by atoms with Crippen molar-refractivity contribution in [3.05, 3.63) is 30.3 Å². The summed E-state index contributed by atoms with van der Waals surface area (Å²) >= 11 is 0. The molecular formula is C15H22O2. The Balaban J connectivity index is 2.84. The molecule has 2 heteroatoms. The topological polar surface area (TPSA) is 18.5 Å². The van der Waals surface area contributed by atoms with E-state index in [9.17, 15) is 0 Å². The van der Waals surface area contributed by atoms with Gasteiger partial charge in [0, 0.05) is 6.07 Å². The zero-order chi connectivity index (χ0) is 12.8. The van der Waals surface area contributed by atoms with Gasteiger partial charge in [0.2, 0.25) is 0 Å². The predicted molar refractivity (Wildman–Crippen MR) is 72.6 cm³/mol. The molecule has 0 spiro atoms. The van der Waals surface area contributed by atoms with Crippen LogP contribution in [0.3, 0.4) is 0 Å². The molecule has 0 atom stereocenters. The first-order chi connectivity index (χ1) is 8.01. The normalized spacial score (nSPS) is 10.7. The van der Waals surface area contributed by atoms with Crippen molar-refractivity contribution in [2.45, 2.75) is 33.8 Å². The Bertz CT molecular complexity index is 367. The third-order valence-electron chi connectivity index (χ3n) is 2.09. The molecule has 1 aromatic rings. The highest BCUT2D eigenvalue weighted by molar-refractivity contribution is 5.53. The average Bonchev–Trinajstić information content (AvgIpc) is 2.25. The highest BCUT2D eigenvalue weighted by atomic mass is 16.5. The Kier molecular flexibility index (Phi) is 5.08. The fourth-order valence-corrected chi connectivity index (χ4v) is 1.40. The number of hydrogen-bond acceptors (Lipinski definition) is 2. The van der Waals surface area contributed by atoms with Gasteiger partial charge in [0.1, 0.15) is 11.5 Å². The van der Waals surface area contributed by atoms with Crippen molar-refractivity contribution in [2.24, 2.45) is 5.92 Å². The Hall–Kier alpha value is -1.44. The van der Waals surface area contributed by atoms with E-state index in [2.05, 4.69) is 20.4 Å². The van der Waals surface area contributed by atoms with Gasteiger partial charge < -0.3 is 9.47 Å². The monoisotopic (exact) mass is 234 g/mol. The SMILES string of the molecule is C=Cc1cc(OCC(C)C)cc(OC(C)C)c1. The first-order valence-electron chi connectivity index (χ1n) is 6.08. The first-order valence-corrected chi connectivity index (χ1v) is 6.08. The Morgan fingerprint density at radius 1 is 1.12 bits per heavy atom. The molecule has 0 heterocycles. The van der Waals surface area contributed by atoms with Crippen LogP contribution in [0, 0.1) is 5.92 Å². The second-order valence-corrected chi connectivity index (χ2v) is 4.81. The van der Waals surface area contributed by atoms with E-state index < -0.39 is 0 Å². The Morgan fingerprint density at radius 2 is 1.76 bits per heavy atom. The van der Waals surface area contributed by atoms with Gasteiger partial charge in [-0.25, -0.2) is 0 Å². The van der Waals surface area contributed by atoms with E-state index in [1.807, 2.05) is 32.0 Å². The van der Waals surface area contributed by atoms with Gasteiger partial charge in [-0.2, -0.15) is 0 Å². The maximum atomic E-state index is 5.70. The van der Waals surface area contributed by atoms with E-state index in [1.54, 1.807) is 6.08 Å². The van der Waals surface area contributed by atoms with Gasteiger partial charge in [0.25, 0.3) is 0 Å². The van der Waals surface area contributed by atoms with E-state index in [4.69, 9.17) is 9.47 Å². The summed E-state index contributed by atoms with van der Waals surface area (Å²) in [6, 6.07) is 5.87. The molecule has 2 nitrogen and oxygen atoms in total. The summed E-state index contributed by atoms with van der Waals surface area (Å²) in [5.41, 5.74) is 1.02. The third-order valence-corrected chi connectivity index (χ3v) is 2.09. The number of rotatable bonds is 6. The van der Waals surface area contributed by atoms with Crippen LogP contribution in [0.1, 0.15) is 33.3 Å². The molecule has 17 heavy (non-hydrogen) atoms. The van der Waals surface area contributed by atoms with Crippen molar-refractivity contribution in [1.82, 2.24) is 0 Å². The quantitative estimate of drug-likeness (QED) is 0.736. The van der Waals surface area contributed by atoms with E-state index in [0.717, 1.165) is 17.1 Å². The summed E-state index contributed by atoms with van der Waals surface area (Å²) < 4.78 is 11.4. The zero-order valence-corrected chi connectivity index (χ0v) is 11.2. The fraction of sp³-hybridized carbons (Fsp3) is 0.467. The molecular weight excluding hydrogens is 212 g/mol. The second-order valence-electron chi connectivity index (χ2n) is 4.81. The molecule has 0 saturated heterocycles. The highest BCUT2D eigenvalue weighted by Crippen LogP contribution is 2.24. The summed E-state index contributed by atoms with van der Waals surface area (Å²) in [4.78, 5) is 0. The molecule has 0 aliphatic carbocycles. The molecule has 0 aliphatic rings. The molecule has 0 fully saturated rings. The lowest BCUT2D eigenvalue weighted by atomic mass is 10.2. The lowest BCUT2D eigenvalue weighted by Gasteiger charge is -2.14. The molecule has 0 bridgehead atoms. The van der Waals surface area contributed by atoms with Crippen LogP contribution in [-0.4, -0.2) is 12.7 Å². The molecule has 0 N–H and O–H groups in total. The van der Waals surface area contributed by atoms with Crippen molar-refractivity contribution in [2.75, 3.05) is 6.61 Å². The van der Waals surface area contributed by atoms with Crippen molar-refractivity contribution >= 4 is 6.08 Å². The summed E-state index contributed by atoms with van der Waals surface area (Å²) in [5, 5.41) is 0. The minimum Gasteiger partial charge on any atom is -0.493 e. The second kappa shape index (κ2) is 6.33. The largest absolute Gasteiger partial charge is 0.493 e. The molecule has 1 aromatic carbocycles. The molecule has 0 amide bonds. The fourth-order valence-electron chi connectivity index (χ4n) is 1.40. The lowest BCUT2D eigenvalue weighted by Crippen LogP contribution is -2.07. The summed E-state index contributed by atoms with van der Waals surface area (Å²) in [6.45, 7) is 12.8. The summed E-state index contributed by atoms with van der Waals surface area (Å²) in [5.74, 6) is 2.18. The molecule has 94 valence electrons. The Labute approximate surface area is 104 Å². The molecule has 0 aromatic heterocycles. The van der Waals surface area contributed by atoms with E-state index in [0.29, 0.717) is 12.5 Å². The number of ether oxygens (including phenoxy) is 2. The van der Waals surface area contributed by atoms with Gasteiger partial charge in [0.05, 0.1) is 12.7 Å². The lowest BCUT2D eigenvalue weighted by molar-refractivity contribution is 0.237. The van der Waals surface area contributed by atoms with Crippen LogP contribution in [0.2, 0.25) is 0 Å². The maximum Gasteiger partial charge on any atom is 0.123 e. The number of hydrogen-bond donors (Lipinski definition) is 0. The van der Waals surface area contributed by atoms with Crippen LogP contribution < -0.4 is 9.47 Å². The summed E-state index contributed by atoms with van der Waals surface area (Å²) in [7, 11) is 0. The molecule has 0 saturated carbocycles. The smallest absolute Gasteiger partial charge is 0.123 e. The molecule has 0 aliphatic heterocycles.